The van der Waals surface area contributed by atoms with Crippen molar-refractivity contribution in [3.05, 3.63) is 36.7 Å². The molecule has 0 saturated carbocycles. The summed E-state index contributed by atoms with van der Waals surface area (Å²) < 4.78 is 0. The first kappa shape index (κ1) is 11.9. The lowest BCUT2D eigenvalue weighted by atomic mass is 10.1. The van der Waals surface area contributed by atoms with Crippen molar-refractivity contribution in [3.63, 3.8) is 0 Å². The minimum atomic E-state index is 0. The maximum Gasteiger partial charge on any atom is 0.0409 e. The third kappa shape index (κ3) is 2.17. The van der Waals surface area contributed by atoms with Crippen molar-refractivity contribution in [1.82, 2.24) is 11.1 Å². The molecule has 2 rings (SSSR count). The molecule has 0 amide bonds. The van der Waals surface area contributed by atoms with Gasteiger partial charge in [-0.25, -0.2) is 0 Å². The number of anilines is 1. The van der Waals surface area contributed by atoms with E-state index in [-0.39, 0.29) is 23.1 Å². The van der Waals surface area contributed by atoms with Gasteiger partial charge in [0.2, 0.25) is 0 Å². The van der Waals surface area contributed by atoms with Crippen LogP contribution in [0.4, 0.5) is 5.69 Å². The molecule has 1 heterocycles. The lowest BCUT2D eigenvalue weighted by Crippen LogP contribution is -1.86. The van der Waals surface area contributed by atoms with Gasteiger partial charge >= 0.3 is 0 Å². The van der Waals surface area contributed by atoms with Gasteiger partial charge in [0, 0.05) is 23.5 Å². The Morgan fingerprint density at radius 1 is 1.15 bits per heavy atom. The second kappa shape index (κ2) is 4.79. The molecule has 0 aliphatic carbocycles. The van der Waals surface area contributed by atoms with Gasteiger partial charge in [-0.3, -0.25) is 4.98 Å². The second-order valence-electron chi connectivity index (χ2n) is 2.44. The number of fused-ring (bicyclic) bond motifs is 1. The third-order valence-electron chi connectivity index (χ3n) is 1.72. The summed E-state index contributed by atoms with van der Waals surface area (Å²) in [6.07, 6.45) is 3.55. The highest BCUT2D eigenvalue weighted by molar-refractivity contribution is 8.93. The molecule has 1 aromatic heterocycles. The molecule has 70 valence electrons. The molecule has 2 aromatic rings. The fourth-order valence-electron chi connectivity index (χ4n) is 1.14. The number of benzene rings is 1. The predicted molar refractivity (Wildman–Crippen MR) is 61.5 cm³/mol. The Morgan fingerprint density at radius 3 is 2.62 bits per heavy atom. The molecule has 5 N–H and O–H groups in total. The Hall–Kier alpha value is -1.13. The largest absolute Gasteiger partial charge is 0.398 e. The van der Waals surface area contributed by atoms with E-state index in [4.69, 9.17) is 5.73 Å². The average molecular weight is 242 g/mol. The van der Waals surface area contributed by atoms with Gasteiger partial charge in [-0.05, 0) is 17.5 Å². The van der Waals surface area contributed by atoms with E-state index in [0.717, 1.165) is 16.5 Å². The summed E-state index contributed by atoms with van der Waals surface area (Å²) in [4.78, 5) is 3.99. The van der Waals surface area contributed by atoms with Crippen LogP contribution in [0.3, 0.4) is 0 Å². The summed E-state index contributed by atoms with van der Waals surface area (Å²) in [6.45, 7) is 0. The van der Waals surface area contributed by atoms with Gasteiger partial charge in [0.25, 0.3) is 0 Å². The average Bonchev–Trinajstić information content (AvgIpc) is 2.06. The van der Waals surface area contributed by atoms with Crippen molar-refractivity contribution < 1.29 is 0 Å². The minimum Gasteiger partial charge on any atom is -0.398 e. The van der Waals surface area contributed by atoms with E-state index in [1.54, 1.807) is 12.4 Å². The monoisotopic (exact) mass is 241 g/mol. The summed E-state index contributed by atoms with van der Waals surface area (Å²) in [5.74, 6) is 0. The van der Waals surface area contributed by atoms with Crippen molar-refractivity contribution >= 4 is 33.4 Å². The molecule has 0 saturated heterocycles. The van der Waals surface area contributed by atoms with E-state index in [1.807, 2.05) is 24.3 Å². The Bertz CT molecular complexity index is 384. The molecule has 0 atom stereocenters. The summed E-state index contributed by atoms with van der Waals surface area (Å²) in [5, 5.41) is 2.16. The molecule has 0 radical (unpaired) electrons. The Labute approximate surface area is 87.3 Å². The highest BCUT2D eigenvalue weighted by atomic mass is 79.9. The molecule has 4 heteroatoms. The standard InChI is InChI=1S/C9H8N2.BrH.H3N/c10-9-3-1-2-7-4-5-11-6-8(7)9;;/h1-6H,10H2;1H;1H3. The van der Waals surface area contributed by atoms with Crippen LogP contribution in [0.25, 0.3) is 10.8 Å². The predicted octanol–water partition coefficient (Wildman–Crippen LogP) is 2.56. The van der Waals surface area contributed by atoms with Crippen molar-refractivity contribution in [2.24, 2.45) is 0 Å². The van der Waals surface area contributed by atoms with E-state index < -0.39 is 0 Å². The van der Waals surface area contributed by atoms with Crippen LogP contribution in [0.5, 0.6) is 0 Å². The maximum atomic E-state index is 5.72. The highest BCUT2D eigenvalue weighted by Crippen LogP contribution is 2.18. The molecule has 1 aromatic carbocycles. The topological polar surface area (TPSA) is 73.9 Å². The second-order valence-corrected chi connectivity index (χ2v) is 2.44. The van der Waals surface area contributed by atoms with Crippen LogP contribution in [-0.4, -0.2) is 4.98 Å². The maximum absolute atomic E-state index is 5.72. The van der Waals surface area contributed by atoms with Crippen molar-refractivity contribution in [3.8, 4) is 0 Å². The van der Waals surface area contributed by atoms with Crippen molar-refractivity contribution in [2.75, 3.05) is 5.73 Å². The van der Waals surface area contributed by atoms with E-state index >= 15 is 0 Å². The van der Waals surface area contributed by atoms with Gasteiger partial charge in [-0.1, -0.05) is 12.1 Å². The molecule has 0 bridgehead atoms. The van der Waals surface area contributed by atoms with E-state index in [9.17, 15) is 0 Å². The zero-order valence-corrected chi connectivity index (χ0v) is 8.82. The quantitative estimate of drug-likeness (QED) is 0.697. The number of nitrogens with zero attached hydrogens (tertiary/aromatic N) is 1. The number of halogens is 1. The Kier molecular flexibility index (Phi) is 4.37. The van der Waals surface area contributed by atoms with Gasteiger partial charge in [0.15, 0.2) is 0 Å². The van der Waals surface area contributed by atoms with Crippen LogP contribution in [0.15, 0.2) is 36.7 Å². The summed E-state index contributed by atoms with van der Waals surface area (Å²) in [6, 6.07) is 7.79. The fourth-order valence-corrected chi connectivity index (χ4v) is 1.14. The van der Waals surface area contributed by atoms with Crippen LogP contribution in [0.2, 0.25) is 0 Å². The van der Waals surface area contributed by atoms with Crippen LogP contribution in [-0.2, 0) is 0 Å². The van der Waals surface area contributed by atoms with Gasteiger partial charge in [0.1, 0.15) is 0 Å². The smallest absolute Gasteiger partial charge is 0.0409 e. The molecule has 0 fully saturated rings. The molecule has 0 unspecified atom stereocenters. The Balaban J connectivity index is 0.000000720. The highest BCUT2D eigenvalue weighted by Gasteiger charge is 1.93. The SMILES string of the molecule is Br.N.Nc1cccc2ccncc12. The zero-order chi connectivity index (χ0) is 7.68. The van der Waals surface area contributed by atoms with Gasteiger partial charge in [0.05, 0.1) is 0 Å². The number of nitrogen functional groups attached to an aromatic ring is 1. The summed E-state index contributed by atoms with van der Waals surface area (Å²) in [7, 11) is 0. The number of hydrogen-bond acceptors (Lipinski definition) is 3. The first-order chi connectivity index (χ1) is 5.38. The minimum absolute atomic E-state index is 0. The van der Waals surface area contributed by atoms with Crippen LogP contribution >= 0.6 is 17.0 Å². The molecule has 3 nitrogen and oxygen atoms in total. The molecular weight excluding hydrogens is 230 g/mol. The summed E-state index contributed by atoms with van der Waals surface area (Å²) >= 11 is 0. The lowest BCUT2D eigenvalue weighted by Gasteiger charge is -1.98. The molecule has 13 heavy (non-hydrogen) atoms. The third-order valence-corrected chi connectivity index (χ3v) is 1.72. The van der Waals surface area contributed by atoms with E-state index in [2.05, 4.69) is 4.98 Å². The zero-order valence-electron chi connectivity index (χ0n) is 7.10. The molecule has 0 spiro atoms. The van der Waals surface area contributed by atoms with Gasteiger partial charge in [-0.15, -0.1) is 17.0 Å². The number of rotatable bonds is 0. The fraction of sp³-hybridized carbons (Fsp3) is 0. The van der Waals surface area contributed by atoms with Gasteiger partial charge in [-0.2, -0.15) is 0 Å². The number of aromatic nitrogens is 1. The lowest BCUT2D eigenvalue weighted by molar-refractivity contribution is 1.36. The van der Waals surface area contributed by atoms with E-state index in [1.165, 1.54) is 0 Å². The molecule has 0 aliphatic rings. The van der Waals surface area contributed by atoms with E-state index in [0.29, 0.717) is 0 Å². The number of pyridine rings is 1. The first-order valence-corrected chi connectivity index (χ1v) is 3.46. The normalized spacial score (nSPS) is 8.62. The summed E-state index contributed by atoms with van der Waals surface area (Å²) in [5.41, 5.74) is 6.50. The Morgan fingerprint density at radius 2 is 1.92 bits per heavy atom. The molecular formula is C9H12BrN3. The number of hydrogen-bond donors (Lipinski definition) is 2. The number of nitrogens with two attached hydrogens (primary N) is 1. The first-order valence-electron chi connectivity index (χ1n) is 3.46. The van der Waals surface area contributed by atoms with Gasteiger partial charge < -0.3 is 11.9 Å². The van der Waals surface area contributed by atoms with Crippen LogP contribution < -0.4 is 11.9 Å². The van der Waals surface area contributed by atoms with Crippen LogP contribution in [0.1, 0.15) is 0 Å². The van der Waals surface area contributed by atoms with Crippen molar-refractivity contribution in [1.29, 1.82) is 0 Å². The van der Waals surface area contributed by atoms with Crippen LogP contribution in [0, 0.1) is 0 Å². The van der Waals surface area contributed by atoms with Crippen molar-refractivity contribution in [2.45, 2.75) is 0 Å². The molecule has 0 aliphatic heterocycles.